The van der Waals surface area contributed by atoms with Crippen LogP contribution in [-0.4, -0.2) is 26.9 Å². The Labute approximate surface area is 104 Å². The molecule has 1 atom stereocenters. The van der Waals surface area contributed by atoms with Gasteiger partial charge in [0.25, 0.3) is 0 Å². The van der Waals surface area contributed by atoms with E-state index in [1.165, 1.54) is 16.7 Å². The van der Waals surface area contributed by atoms with E-state index in [1.807, 2.05) is 0 Å². The van der Waals surface area contributed by atoms with Gasteiger partial charge in [0.05, 0.1) is 13.7 Å². The highest BCUT2D eigenvalue weighted by atomic mass is 16.5. The second-order valence-electron chi connectivity index (χ2n) is 4.62. The molecule has 0 saturated heterocycles. The molecule has 96 valence electrons. The summed E-state index contributed by atoms with van der Waals surface area (Å²) in [5, 5.41) is 2.30. The van der Waals surface area contributed by atoms with Crippen molar-refractivity contribution in [1.82, 2.24) is 0 Å². The molecule has 3 nitrogen and oxygen atoms in total. The Balaban J connectivity index is 2.68. The maximum Gasteiger partial charge on any atom is 0.122 e. The molecule has 0 amide bonds. The second kappa shape index (κ2) is 6.62. The summed E-state index contributed by atoms with van der Waals surface area (Å²) in [4.78, 5) is 0. The Bertz CT molecular complexity index is 363. The molecular weight excluding hydrogens is 214 g/mol. The Kier molecular flexibility index (Phi) is 5.45. The standard InChI is InChI=1S/C14H23NO2/c1-10-7-14(17-5)11(2)6-13(10)8-15-12(3)9-16-4/h6-7,12,15H,8-9H2,1-5H3/p+1. The van der Waals surface area contributed by atoms with Gasteiger partial charge in [0, 0.05) is 12.7 Å². The minimum absolute atomic E-state index is 0.488. The lowest BCUT2D eigenvalue weighted by Crippen LogP contribution is -2.88. The maximum atomic E-state index is 5.31. The fraction of sp³-hybridized carbons (Fsp3) is 0.571. The van der Waals surface area contributed by atoms with E-state index in [-0.39, 0.29) is 0 Å². The first-order valence-electron chi connectivity index (χ1n) is 6.04. The van der Waals surface area contributed by atoms with Crippen molar-refractivity contribution in [3.63, 3.8) is 0 Å². The highest BCUT2D eigenvalue weighted by molar-refractivity contribution is 5.41. The van der Waals surface area contributed by atoms with Gasteiger partial charge >= 0.3 is 0 Å². The molecule has 2 N–H and O–H groups in total. The Morgan fingerprint density at radius 2 is 1.88 bits per heavy atom. The number of rotatable bonds is 6. The summed E-state index contributed by atoms with van der Waals surface area (Å²) in [6.07, 6.45) is 0. The van der Waals surface area contributed by atoms with E-state index in [0.29, 0.717) is 6.04 Å². The zero-order valence-corrected chi connectivity index (χ0v) is 11.5. The molecule has 0 radical (unpaired) electrons. The fourth-order valence-corrected chi connectivity index (χ4v) is 1.95. The van der Waals surface area contributed by atoms with Gasteiger partial charge in [-0.15, -0.1) is 0 Å². The number of nitrogens with two attached hydrogens (primary N) is 1. The van der Waals surface area contributed by atoms with Crippen LogP contribution in [0.3, 0.4) is 0 Å². The van der Waals surface area contributed by atoms with Crippen LogP contribution in [0.25, 0.3) is 0 Å². The van der Waals surface area contributed by atoms with Gasteiger partial charge in [0.1, 0.15) is 18.3 Å². The van der Waals surface area contributed by atoms with Gasteiger partial charge in [-0.3, -0.25) is 0 Å². The largest absolute Gasteiger partial charge is 0.496 e. The van der Waals surface area contributed by atoms with Crippen molar-refractivity contribution in [1.29, 1.82) is 0 Å². The van der Waals surface area contributed by atoms with Crippen molar-refractivity contribution in [3.05, 3.63) is 28.8 Å². The SMILES string of the molecule is COCC(C)[NH2+]Cc1cc(C)c(OC)cc1C. The lowest BCUT2D eigenvalue weighted by Gasteiger charge is -2.13. The Morgan fingerprint density at radius 3 is 2.47 bits per heavy atom. The molecule has 0 fully saturated rings. The number of aryl methyl sites for hydroxylation is 2. The predicted octanol–water partition coefficient (Wildman–Crippen LogP) is 1.41. The van der Waals surface area contributed by atoms with E-state index >= 15 is 0 Å². The third-order valence-electron chi connectivity index (χ3n) is 3.02. The zero-order valence-electron chi connectivity index (χ0n) is 11.5. The number of ether oxygens (including phenoxy) is 2. The minimum Gasteiger partial charge on any atom is -0.496 e. The highest BCUT2D eigenvalue weighted by Crippen LogP contribution is 2.21. The molecule has 1 aromatic carbocycles. The van der Waals surface area contributed by atoms with Crippen LogP contribution in [0.5, 0.6) is 5.75 Å². The second-order valence-corrected chi connectivity index (χ2v) is 4.62. The summed E-state index contributed by atoms with van der Waals surface area (Å²) < 4.78 is 10.4. The van der Waals surface area contributed by atoms with E-state index in [9.17, 15) is 0 Å². The molecule has 1 aromatic rings. The number of quaternary nitrogens is 1. The van der Waals surface area contributed by atoms with Gasteiger partial charge in [-0.2, -0.15) is 0 Å². The van der Waals surface area contributed by atoms with E-state index in [2.05, 4.69) is 38.2 Å². The summed E-state index contributed by atoms with van der Waals surface area (Å²) in [6.45, 7) is 8.16. The van der Waals surface area contributed by atoms with Gasteiger partial charge in [-0.25, -0.2) is 0 Å². The normalized spacial score (nSPS) is 12.5. The third kappa shape index (κ3) is 4.02. The molecule has 0 spiro atoms. The van der Waals surface area contributed by atoms with Crippen molar-refractivity contribution in [2.45, 2.75) is 33.4 Å². The van der Waals surface area contributed by atoms with Crippen LogP contribution in [0.15, 0.2) is 12.1 Å². The number of benzene rings is 1. The summed E-state index contributed by atoms with van der Waals surface area (Å²) in [5.41, 5.74) is 3.85. The average Bonchev–Trinajstić information content (AvgIpc) is 2.30. The molecule has 0 bridgehead atoms. The summed E-state index contributed by atoms with van der Waals surface area (Å²) >= 11 is 0. The monoisotopic (exact) mass is 238 g/mol. The van der Waals surface area contributed by atoms with Crippen LogP contribution in [0, 0.1) is 13.8 Å². The Morgan fingerprint density at radius 1 is 1.18 bits per heavy atom. The van der Waals surface area contributed by atoms with Gasteiger partial charge in [0.2, 0.25) is 0 Å². The lowest BCUT2D eigenvalue weighted by atomic mass is 10.0. The number of methoxy groups -OCH3 is 2. The van der Waals surface area contributed by atoms with Crippen molar-refractivity contribution in [3.8, 4) is 5.75 Å². The molecule has 0 saturated carbocycles. The van der Waals surface area contributed by atoms with Crippen molar-refractivity contribution in [2.75, 3.05) is 20.8 Å². The van der Waals surface area contributed by atoms with Crippen LogP contribution >= 0.6 is 0 Å². The molecule has 0 aliphatic heterocycles. The summed E-state index contributed by atoms with van der Waals surface area (Å²) in [5.74, 6) is 0.969. The van der Waals surface area contributed by atoms with Gasteiger partial charge in [-0.1, -0.05) is 0 Å². The lowest BCUT2D eigenvalue weighted by molar-refractivity contribution is -0.702. The predicted molar refractivity (Wildman–Crippen MR) is 69.4 cm³/mol. The number of hydrogen-bond donors (Lipinski definition) is 1. The van der Waals surface area contributed by atoms with Crippen LogP contribution in [-0.2, 0) is 11.3 Å². The molecule has 17 heavy (non-hydrogen) atoms. The van der Waals surface area contributed by atoms with E-state index < -0.39 is 0 Å². The van der Waals surface area contributed by atoms with Gasteiger partial charge in [-0.05, 0) is 44.0 Å². The molecule has 3 heteroatoms. The van der Waals surface area contributed by atoms with Crippen molar-refractivity contribution >= 4 is 0 Å². The molecule has 1 rings (SSSR count). The third-order valence-corrected chi connectivity index (χ3v) is 3.02. The van der Waals surface area contributed by atoms with Crippen LogP contribution in [0.1, 0.15) is 23.6 Å². The highest BCUT2D eigenvalue weighted by Gasteiger charge is 2.09. The molecule has 1 unspecified atom stereocenters. The summed E-state index contributed by atoms with van der Waals surface area (Å²) in [6, 6.07) is 4.81. The molecular formula is C14H24NO2+. The molecule has 0 aromatic heterocycles. The molecule has 0 aliphatic carbocycles. The van der Waals surface area contributed by atoms with Gasteiger partial charge < -0.3 is 14.8 Å². The first-order chi connectivity index (χ1) is 8.08. The van der Waals surface area contributed by atoms with E-state index in [4.69, 9.17) is 9.47 Å². The summed E-state index contributed by atoms with van der Waals surface area (Å²) in [7, 11) is 3.46. The van der Waals surface area contributed by atoms with Crippen LogP contribution < -0.4 is 10.1 Å². The fourth-order valence-electron chi connectivity index (χ4n) is 1.95. The first kappa shape index (κ1) is 14.0. The smallest absolute Gasteiger partial charge is 0.122 e. The average molecular weight is 238 g/mol. The molecule has 0 heterocycles. The number of hydrogen-bond acceptors (Lipinski definition) is 2. The van der Waals surface area contributed by atoms with Crippen molar-refractivity contribution in [2.24, 2.45) is 0 Å². The topological polar surface area (TPSA) is 35.1 Å². The van der Waals surface area contributed by atoms with Crippen LogP contribution in [0.2, 0.25) is 0 Å². The van der Waals surface area contributed by atoms with E-state index in [0.717, 1.165) is 18.9 Å². The molecule has 0 aliphatic rings. The van der Waals surface area contributed by atoms with E-state index in [1.54, 1.807) is 14.2 Å². The van der Waals surface area contributed by atoms with Gasteiger partial charge in [0.15, 0.2) is 0 Å². The Hall–Kier alpha value is -1.06. The minimum atomic E-state index is 0.488. The maximum absolute atomic E-state index is 5.31. The van der Waals surface area contributed by atoms with Crippen molar-refractivity contribution < 1.29 is 14.8 Å². The zero-order chi connectivity index (χ0) is 12.8. The van der Waals surface area contributed by atoms with Crippen LogP contribution in [0.4, 0.5) is 0 Å². The quantitative estimate of drug-likeness (QED) is 0.813. The first-order valence-corrected chi connectivity index (χ1v) is 6.04.